The second-order valence-electron chi connectivity index (χ2n) is 7.98. The summed E-state index contributed by atoms with van der Waals surface area (Å²) >= 11 is 1.83. The highest BCUT2D eigenvalue weighted by molar-refractivity contribution is 7.10. The number of amides is 1. The van der Waals surface area contributed by atoms with Gasteiger partial charge >= 0.3 is 0 Å². The van der Waals surface area contributed by atoms with Gasteiger partial charge < -0.3 is 15.0 Å². The maximum Gasteiger partial charge on any atom is 0.236 e. The van der Waals surface area contributed by atoms with Crippen LogP contribution in [0.1, 0.15) is 42.5 Å². The lowest BCUT2D eigenvalue weighted by molar-refractivity contribution is -0.140. The lowest BCUT2D eigenvalue weighted by Crippen LogP contribution is -2.68. The summed E-state index contributed by atoms with van der Waals surface area (Å²) < 4.78 is 6.04. The normalized spacial score (nSPS) is 33.3. The fourth-order valence-corrected chi connectivity index (χ4v) is 6.67. The molecule has 1 saturated heterocycles. The van der Waals surface area contributed by atoms with Gasteiger partial charge in [0.1, 0.15) is 0 Å². The molecule has 1 aromatic rings. The minimum Gasteiger partial charge on any atom is -0.377 e. The summed E-state index contributed by atoms with van der Waals surface area (Å²) in [6.07, 6.45) is 7.86. The van der Waals surface area contributed by atoms with E-state index in [0.717, 1.165) is 26.1 Å². The molecule has 1 aromatic heterocycles. The van der Waals surface area contributed by atoms with E-state index in [-0.39, 0.29) is 5.91 Å². The van der Waals surface area contributed by atoms with Crippen LogP contribution in [0.3, 0.4) is 0 Å². The Balaban J connectivity index is 1.22. The van der Waals surface area contributed by atoms with E-state index >= 15 is 0 Å². The molecule has 2 aliphatic heterocycles. The third kappa shape index (κ3) is 2.21. The molecule has 1 amide bonds. The van der Waals surface area contributed by atoms with Crippen molar-refractivity contribution in [2.45, 2.75) is 57.2 Å². The first kappa shape index (κ1) is 15.4. The summed E-state index contributed by atoms with van der Waals surface area (Å²) in [6, 6.07) is 2.67. The zero-order chi connectivity index (χ0) is 16.1. The fourth-order valence-electron chi connectivity index (χ4n) is 5.78. The van der Waals surface area contributed by atoms with E-state index in [0.29, 0.717) is 30.0 Å². The van der Waals surface area contributed by atoms with Gasteiger partial charge in [0.05, 0.1) is 12.6 Å². The second-order valence-corrected chi connectivity index (χ2v) is 8.98. The molecule has 4 aliphatic rings. The number of carbonyl (C=O) groups excluding carboxylic acids is 1. The molecule has 0 unspecified atom stereocenters. The average molecular weight is 346 g/mol. The molecule has 5 heteroatoms. The first-order valence-corrected chi connectivity index (χ1v) is 10.3. The van der Waals surface area contributed by atoms with Gasteiger partial charge in [0.2, 0.25) is 5.91 Å². The van der Waals surface area contributed by atoms with Gasteiger partial charge in [-0.15, -0.1) is 11.3 Å². The van der Waals surface area contributed by atoms with Gasteiger partial charge in [0.15, 0.2) is 0 Å². The monoisotopic (exact) mass is 346 g/mol. The fraction of sp³-hybridized carbons (Fsp3) is 0.737. The van der Waals surface area contributed by atoms with Crippen LogP contribution in [0.4, 0.5) is 0 Å². The number of hydrogen-bond acceptors (Lipinski definition) is 4. The Kier molecular flexibility index (Phi) is 3.72. The van der Waals surface area contributed by atoms with Crippen LogP contribution in [-0.2, 0) is 22.5 Å². The predicted octanol–water partition coefficient (Wildman–Crippen LogP) is 2.57. The van der Waals surface area contributed by atoms with Crippen LogP contribution in [-0.4, -0.2) is 42.6 Å². The van der Waals surface area contributed by atoms with E-state index in [1.54, 1.807) is 0 Å². The standard InChI is InChI=1S/C19H26N2O2S/c22-16(21-8-3-15-13(12-21)5-10-24-15)11-20-17-14-4-9-23-18(14)19(17)6-1-2-7-19/h5,10,14,17-18,20H,1-4,6-9,11-12H2/t14-,17+,18+/m0/s1. The second kappa shape index (κ2) is 5.82. The van der Waals surface area contributed by atoms with Crippen molar-refractivity contribution in [3.63, 3.8) is 0 Å². The highest BCUT2D eigenvalue weighted by Crippen LogP contribution is 2.60. The lowest BCUT2D eigenvalue weighted by Gasteiger charge is -2.57. The van der Waals surface area contributed by atoms with Gasteiger partial charge in [0.25, 0.3) is 0 Å². The Morgan fingerprint density at radius 1 is 1.42 bits per heavy atom. The van der Waals surface area contributed by atoms with Crippen molar-refractivity contribution in [3.05, 3.63) is 21.9 Å². The summed E-state index contributed by atoms with van der Waals surface area (Å²) in [7, 11) is 0. The molecule has 2 saturated carbocycles. The van der Waals surface area contributed by atoms with Crippen LogP contribution in [0.2, 0.25) is 0 Å². The van der Waals surface area contributed by atoms with Gasteiger partial charge in [-0.2, -0.15) is 0 Å². The zero-order valence-corrected chi connectivity index (χ0v) is 14.9. The van der Waals surface area contributed by atoms with Gasteiger partial charge in [-0.05, 0) is 42.7 Å². The van der Waals surface area contributed by atoms with Crippen molar-refractivity contribution < 1.29 is 9.53 Å². The van der Waals surface area contributed by atoms with Crippen LogP contribution in [0.15, 0.2) is 11.4 Å². The van der Waals surface area contributed by atoms with E-state index in [1.165, 1.54) is 42.5 Å². The minimum absolute atomic E-state index is 0.266. The van der Waals surface area contributed by atoms with Crippen molar-refractivity contribution in [3.8, 4) is 0 Å². The number of carbonyl (C=O) groups is 1. The molecule has 4 nitrogen and oxygen atoms in total. The Hall–Kier alpha value is -0.910. The van der Waals surface area contributed by atoms with Crippen molar-refractivity contribution in [2.24, 2.45) is 11.3 Å². The summed E-state index contributed by atoms with van der Waals surface area (Å²) in [5.74, 6) is 0.906. The number of ether oxygens (including phenoxy) is 1. The molecule has 0 bridgehead atoms. The summed E-state index contributed by atoms with van der Waals surface area (Å²) in [5, 5.41) is 5.82. The Morgan fingerprint density at radius 3 is 3.17 bits per heavy atom. The highest BCUT2D eigenvalue weighted by Gasteiger charge is 2.64. The highest BCUT2D eigenvalue weighted by atomic mass is 32.1. The molecule has 3 atom stereocenters. The first-order valence-electron chi connectivity index (χ1n) is 9.46. The van der Waals surface area contributed by atoms with E-state index < -0.39 is 0 Å². The molecule has 1 spiro atoms. The molecular formula is C19H26N2O2S. The van der Waals surface area contributed by atoms with E-state index in [2.05, 4.69) is 16.8 Å². The van der Waals surface area contributed by atoms with Crippen LogP contribution in [0.5, 0.6) is 0 Å². The topological polar surface area (TPSA) is 41.6 Å². The third-order valence-corrected chi connectivity index (χ3v) is 7.94. The Labute approximate surface area is 147 Å². The maximum absolute atomic E-state index is 12.7. The average Bonchev–Trinajstić information content (AvgIpc) is 3.33. The minimum atomic E-state index is 0.266. The summed E-state index contributed by atoms with van der Waals surface area (Å²) in [5.41, 5.74) is 1.68. The van der Waals surface area contributed by atoms with Gasteiger partial charge in [-0.1, -0.05) is 12.8 Å². The molecule has 130 valence electrons. The molecule has 24 heavy (non-hydrogen) atoms. The van der Waals surface area contributed by atoms with E-state index in [4.69, 9.17) is 4.74 Å². The number of thiophene rings is 1. The molecule has 0 aromatic carbocycles. The summed E-state index contributed by atoms with van der Waals surface area (Å²) in [6.45, 7) is 3.08. The van der Waals surface area contributed by atoms with Crippen molar-refractivity contribution in [1.29, 1.82) is 0 Å². The molecule has 0 radical (unpaired) electrons. The number of fused-ring (bicyclic) bond motifs is 3. The van der Waals surface area contributed by atoms with E-state index in [9.17, 15) is 4.79 Å². The Bertz CT molecular complexity index is 637. The van der Waals surface area contributed by atoms with Crippen molar-refractivity contribution in [1.82, 2.24) is 10.2 Å². The number of nitrogens with zero attached hydrogens (tertiary/aromatic N) is 1. The van der Waals surface area contributed by atoms with E-state index in [1.807, 2.05) is 16.2 Å². The first-order chi connectivity index (χ1) is 11.8. The predicted molar refractivity (Wildman–Crippen MR) is 94.0 cm³/mol. The maximum atomic E-state index is 12.7. The lowest BCUT2D eigenvalue weighted by atomic mass is 9.54. The van der Waals surface area contributed by atoms with Crippen molar-refractivity contribution >= 4 is 17.2 Å². The molecule has 3 fully saturated rings. The molecule has 5 rings (SSSR count). The summed E-state index contributed by atoms with van der Waals surface area (Å²) in [4.78, 5) is 16.2. The number of nitrogens with one attached hydrogen (secondary N) is 1. The van der Waals surface area contributed by atoms with Gasteiger partial charge in [-0.25, -0.2) is 0 Å². The van der Waals surface area contributed by atoms with Gasteiger partial charge in [-0.3, -0.25) is 4.79 Å². The SMILES string of the molecule is O=C(CN[C@@H]1[C@@H]2CCO[C@H]2C12CCCC2)N1CCc2sccc2C1. The number of hydrogen-bond donors (Lipinski definition) is 1. The van der Waals surface area contributed by atoms with Crippen LogP contribution < -0.4 is 5.32 Å². The van der Waals surface area contributed by atoms with Crippen LogP contribution in [0, 0.1) is 11.3 Å². The molecule has 3 heterocycles. The molecule has 1 N–H and O–H groups in total. The van der Waals surface area contributed by atoms with Crippen LogP contribution >= 0.6 is 11.3 Å². The number of rotatable bonds is 3. The van der Waals surface area contributed by atoms with Crippen molar-refractivity contribution in [2.75, 3.05) is 19.7 Å². The molecular weight excluding hydrogens is 320 g/mol. The largest absolute Gasteiger partial charge is 0.377 e. The van der Waals surface area contributed by atoms with Gasteiger partial charge in [0, 0.05) is 41.9 Å². The zero-order valence-electron chi connectivity index (χ0n) is 14.1. The quantitative estimate of drug-likeness (QED) is 0.915. The van der Waals surface area contributed by atoms with Crippen LogP contribution in [0.25, 0.3) is 0 Å². The smallest absolute Gasteiger partial charge is 0.236 e. The molecule has 2 aliphatic carbocycles. The third-order valence-electron chi connectivity index (χ3n) is 6.92. The Morgan fingerprint density at radius 2 is 2.29 bits per heavy atom.